The van der Waals surface area contributed by atoms with E-state index in [1.807, 2.05) is 162 Å². The maximum Gasteiger partial charge on any atom is 0.179 e. The Morgan fingerprint density at radius 3 is 1.64 bits per heavy atom. The minimum absolute atomic E-state index is 0.0104. The molecule has 0 aliphatic carbocycles. The van der Waals surface area contributed by atoms with Crippen LogP contribution in [0.3, 0.4) is 0 Å². The molecule has 4 heteroatoms. The number of benzene rings is 10. The highest BCUT2D eigenvalue weighted by Gasteiger charge is 2.41. The van der Waals surface area contributed by atoms with Gasteiger partial charge < -0.3 is 9.13 Å². The van der Waals surface area contributed by atoms with Gasteiger partial charge in [0.2, 0.25) is 0 Å². The van der Waals surface area contributed by atoms with Crippen molar-refractivity contribution < 1.29 is 16.4 Å². The molecule has 3 aromatic heterocycles. The Bertz CT molecular complexity index is 4470. The number of fused-ring (bicyclic) bond motifs is 10. The van der Waals surface area contributed by atoms with Crippen LogP contribution in [-0.4, -0.2) is 17.2 Å². The smallest absolute Gasteiger partial charge is 0.179 e. The largest absolute Gasteiger partial charge is 0.309 e. The zero-order chi connectivity index (χ0) is 52.6. The molecule has 0 unspecified atom stereocenters. The molecule has 10 aromatic carbocycles. The van der Waals surface area contributed by atoms with Crippen LogP contribution >= 0.6 is 11.3 Å². The van der Waals surface area contributed by atoms with Gasteiger partial charge in [0.25, 0.3) is 0 Å². The normalized spacial score (nSPS) is 14.7. The number of para-hydroxylation sites is 3. The molecular formula is C60H40N2SSi. The topological polar surface area (TPSA) is 9.86 Å². The van der Waals surface area contributed by atoms with Gasteiger partial charge in [-0.3, -0.25) is 0 Å². The predicted molar refractivity (Wildman–Crippen MR) is 277 cm³/mol. The summed E-state index contributed by atoms with van der Waals surface area (Å²) in [6.07, 6.45) is 0. The van der Waals surface area contributed by atoms with Crippen LogP contribution in [0.4, 0.5) is 0 Å². The Hall–Kier alpha value is -7.76. The number of hydrogen-bond donors (Lipinski definition) is 0. The van der Waals surface area contributed by atoms with Crippen LogP contribution in [0.25, 0.3) is 86.3 Å². The lowest BCUT2D eigenvalue weighted by Crippen LogP contribution is -2.74. The van der Waals surface area contributed by atoms with Crippen LogP contribution < -0.4 is 20.7 Å². The molecule has 0 atom stereocenters. The van der Waals surface area contributed by atoms with Crippen LogP contribution in [-0.2, 0) is 0 Å². The number of thiophene rings is 1. The fraction of sp³-hybridized carbons (Fsp3) is 0. The van der Waals surface area contributed by atoms with Crippen molar-refractivity contribution in [2.75, 3.05) is 0 Å². The molecule has 64 heavy (non-hydrogen) atoms. The highest BCUT2D eigenvalue weighted by molar-refractivity contribution is 7.26. The first-order chi connectivity index (χ1) is 36.8. The first-order valence-corrected chi connectivity index (χ1v) is 23.9. The van der Waals surface area contributed by atoms with Crippen molar-refractivity contribution in [1.82, 2.24) is 9.13 Å². The fourth-order valence-corrected chi connectivity index (χ4v) is 15.5. The lowest BCUT2D eigenvalue weighted by atomic mass is 10.1. The average molecular weight is 861 g/mol. The van der Waals surface area contributed by atoms with Gasteiger partial charge in [0, 0.05) is 42.7 Å². The van der Waals surface area contributed by atoms with E-state index in [1.165, 1.54) is 11.3 Å². The Morgan fingerprint density at radius 1 is 0.391 bits per heavy atom. The van der Waals surface area contributed by atoms with E-state index in [1.54, 1.807) is 4.57 Å². The van der Waals surface area contributed by atoms with Crippen LogP contribution in [0.5, 0.6) is 0 Å². The number of hydrogen-bond acceptors (Lipinski definition) is 1. The second-order valence-corrected chi connectivity index (χ2v) is 20.7. The summed E-state index contributed by atoms with van der Waals surface area (Å²) in [5.74, 6) is 0. The molecule has 13 aromatic rings. The van der Waals surface area contributed by atoms with Crippen LogP contribution in [0.15, 0.2) is 242 Å². The molecule has 13 rings (SSSR count). The molecule has 0 bridgehead atoms. The molecule has 0 saturated heterocycles. The summed E-state index contributed by atoms with van der Waals surface area (Å²) in [7, 11) is -3.75. The van der Waals surface area contributed by atoms with Crippen LogP contribution in [0.2, 0.25) is 0 Å². The standard InChI is InChI=1S/C60H40N2SSi/c1-4-19-41(20-5-1)42-21-18-26-47(39-42)64(44-22-6-2-7-23-44,45-24-8-3-9-25-45)46-37-35-43(36-38-46)61-53-31-14-12-29-50(53)52-40-56(60-58(59(52)61)51-30-13-17-34-57(51)63-60)62-54-32-15-10-27-48(54)49-28-11-16-33-55(49)62/h1-40H/i10D,11D,15D,16D,27D,28D,32D,33D,35D,36D,37D,38D. The Labute approximate surface area is 393 Å². The maximum absolute atomic E-state index is 10.4. The highest BCUT2D eigenvalue weighted by Crippen LogP contribution is 2.47. The van der Waals surface area contributed by atoms with Crippen molar-refractivity contribution in [2.45, 2.75) is 0 Å². The van der Waals surface area contributed by atoms with Crippen molar-refractivity contribution in [1.29, 1.82) is 0 Å². The van der Waals surface area contributed by atoms with E-state index >= 15 is 0 Å². The molecule has 0 aliphatic rings. The molecule has 2 nitrogen and oxygen atoms in total. The van der Waals surface area contributed by atoms with Gasteiger partial charge in [-0.2, -0.15) is 0 Å². The summed E-state index contributed by atoms with van der Waals surface area (Å²) >= 11 is 1.40. The van der Waals surface area contributed by atoms with Crippen molar-refractivity contribution in [3.63, 3.8) is 0 Å². The summed E-state index contributed by atoms with van der Waals surface area (Å²) in [4.78, 5) is 0. The summed E-state index contributed by atoms with van der Waals surface area (Å²) in [6, 6.07) is 50.6. The van der Waals surface area contributed by atoms with Gasteiger partial charge in [-0.1, -0.05) is 200 Å². The van der Waals surface area contributed by atoms with E-state index in [4.69, 9.17) is 8.22 Å². The molecule has 0 aliphatic heterocycles. The van der Waals surface area contributed by atoms with E-state index in [-0.39, 0.29) is 51.7 Å². The van der Waals surface area contributed by atoms with Crippen molar-refractivity contribution in [3.05, 3.63) is 242 Å². The molecule has 0 spiro atoms. The molecule has 0 radical (unpaired) electrons. The van der Waals surface area contributed by atoms with Gasteiger partial charge in [0.15, 0.2) is 8.07 Å². The Kier molecular flexibility index (Phi) is 6.11. The summed E-state index contributed by atoms with van der Waals surface area (Å²) in [5, 5.41) is 5.61. The summed E-state index contributed by atoms with van der Waals surface area (Å²) in [6.45, 7) is 0. The average Bonchev–Trinajstić information content (AvgIpc) is 4.32. The van der Waals surface area contributed by atoms with Gasteiger partial charge in [-0.05, 0) is 74.2 Å². The Morgan fingerprint density at radius 2 is 0.953 bits per heavy atom. The molecule has 0 fully saturated rings. The quantitative estimate of drug-likeness (QED) is 0.112. The number of aromatic nitrogens is 2. The summed E-state index contributed by atoms with van der Waals surface area (Å²) < 4.78 is 119. The minimum Gasteiger partial charge on any atom is -0.309 e. The van der Waals surface area contributed by atoms with Gasteiger partial charge in [0.1, 0.15) is 0 Å². The Balaban J connectivity index is 1.18. The first-order valence-electron chi connectivity index (χ1n) is 27.0. The predicted octanol–water partition coefficient (Wildman–Crippen LogP) is 13.3. The third-order valence-electron chi connectivity index (χ3n) is 12.6. The second-order valence-electron chi connectivity index (χ2n) is 15.9. The van der Waals surface area contributed by atoms with E-state index in [0.717, 1.165) is 36.8 Å². The number of nitrogens with zero attached hydrogens (tertiary/aromatic N) is 2. The molecule has 0 N–H and O–H groups in total. The highest BCUT2D eigenvalue weighted by atomic mass is 32.1. The van der Waals surface area contributed by atoms with Crippen LogP contribution in [0, 0.1) is 0 Å². The van der Waals surface area contributed by atoms with Gasteiger partial charge in [-0.15, -0.1) is 11.3 Å². The molecular weight excluding hydrogens is 809 g/mol. The maximum atomic E-state index is 10.4. The first kappa shape index (κ1) is 26.7. The van der Waals surface area contributed by atoms with E-state index in [2.05, 4.69) is 12.1 Å². The molecule has 300 valence electrons. The fourth-order valence-electron chi connectivity index (χ4n) is 9.86. The SMILES string of the molecule is [2H]c1c([2H])c([Si](c2ccccc2)(c2ccccc2)c2cccc(-c3ccccc3)c2)c([2H])c([2H])c1-n1c2ccccc2c2cc(-n3c4c([2H])c([2H])c([2H])c([2H])c4c4c([2H])c([2H])c([2H])c([2H])c43)c3sc4ccccc4c3c21. The van der Waals surface area contributed by atoms with E-state index in [9.17, 15) is 8.22 Å². The lowest BCUT2D eigenvalue weighted by molar-refractivity contribution is 1.18. The number of rotatable bonds is 7. The summed E-state index contributed by atoms with van der Waals surface area (Å²) in [5.41, 5.74) is 3.51. The van der Waals surface area contributed by atoms with Crippen LogP contribution in [0.1, 0.15) is 16.4 Å². The van der Waals surface area contributed by atoms with Crippen molar-refractivity contribution in [3.8, 4) is 22.5 Å². The minimum atomic E-state index is -3.75. The molecule has 3 heterocycles. The molecule has 0 amide bonds. The van der Waals surface area contributed by atoms with Gasteiger partial charge >= 0.3 is 0 Å². The zero-order valence-electron chi connectivity index (χ0n) is 46.0. The van der Waals surface area contributed by atoms with Crippen molar-refractivity contribution in [2.24, 2.45) is 0 Å². The third-order valence-corrected chi connectivity index (χ3v) is 18.3. The monoisotopic (exact) mass is 860 g/mol. The van der Waals surface area contributed by atoms with Gasteiger partial charge in [-0.25, -0.2) is 0 Å². The van der Waals surface area contributed by atoms with Gasteiger partial charge in [0.05, 0.1) is 48.9 Å². The van der Waals surface area contributed by atoms with Crippen molar-refractivity contribution >= 4 is 104 Å². The lowest BCUT2D eigenvalue weighted by Gasteiger charge is -2.35. The second kappa shape index (κ2) is 14.7. The zero-order valence-corrected chi connectivity index (χ0v) is 35.8. The van der Waals surface area contributed by atoms with E-state index in [0.29, 0.717) is 42.8 Å². The third kappa shape index (κ3) is 5.43. The molecule has 0 saturated carbocycles. The van der Waals surface area contributed by atoms with E-state index < -0.39 is 56.4 Å².